The molecule has 0 saturated carbocycles. The summed E-state index contributed by atoms with van der Waals surface area (Å²) in [5.41, 5.74) is 5.11. The Kier molecular flexibility index (Phi) is 5.36. The van der Waals surface area contributed by atoms with Crippen molar-refractivity contribution >= 4 is 40.3 Å². The van der Waals surface area contributed by atoms with Crippen LogP contribution >= 0.6 is 11.8 Å². The number of para-hydroxylation sites is 1. The molecule has 0 saturated heterocycles. The van der Waals surface area contributed by atoms with Crippen molar-refractivity contribution in [2.24, 2.45) is 4.99 Å². The number of hydrogen-bond donors (Lipinski definition) is 1. The van der Waals surface area contributed by atoms with E-state index in [1.807, 2.05) is 72.6 Å². The summed E-state index contributed by atoms with van der Waals surface area (Å²) in [7, 11) is 0. The molecule has 1 N–H and O–H groups in total. The molecule has 5 heteroatoms. The Bertz CT molecular complexity index is 1200. The molecule has 0 atom stereocenters. The fourth-order valence-corrected chi connectivity index (χ4v) is 4.27. The molecule has 30 heavy (non-hydrogen) atoms. The number of rotatable bonds is 5. The second-order valence-corrected chi connectivity index (χ2v) is 8.20. The zero-order valence-corrected chi connectivity index (χ0v) is 17.2. The van der Waals surface area contributed by atoms with Gasteiger partial charge < -0.3 is 10.1 Å². The first-order valence-corrected chi connectivity index (χ1v) is 10.9. The van der Waals surface area contributed by atoms with Crippen LogP contribution in [0.25, 0.3) is 10.9 Å². The Morgan fingerprint density at radius 3 is 2.83 bits per heavy atom. The molecular formula is C25H21N3OS. The molecule has 0 aliphatic carbocycles. The fraction of sp³-hybridized carbons (Fsp3) is 0.120. The van der Waals surface area contributed by atoms with Gasteiger partial charge >= 0.3 is 0 Å². The van der Waals surface area contributed by atoms with Crippen molar-refractivity contribution in [3.63, 3.8) is 0 Å². The lowest BCUT2D eigenvalue weighted by atomic mass is 10.2. The number of fused-ring (bicyclic) bond motifs is 2. The second-order valence-electron chi connectivity index (χ2n) is 7.07. The number of thioether (sulfide) groups is 1. The van der Waals surface area contributed by atoms with Crippen LogP contribution in [-0.4, -0.2) is 23.5 Å². The Labute approximate surface area is 180 Å². The van der Waals surface area contributed by atoms with Gasteiger partial charge in [0.05, 0.1) is 16.9 Å². The first kappa shape index (κ1) is 18.7. The Hall–Kier alpha value is -3.31. The van der Waals surface area contributed by atoms with Crippen LogP contribution in [0, 0.1) is 0 Å². The van der Waals surface area contributed by atoms with E-state index in [1.165, 1.54) is 10.6 Å². The number of hydrogen-bond acceptors (Lipinski definition) is 5. The minimum atomic E-state index is 0.444. The Morgan fingerprint density at radius 1 is 1.00 bits per heavy atom. The van der Waals surface area contributed by atoms with Crippen molar-refractivity contribution in [3.8, 4) is 5.75 Å². The van der Waals surface area contributed by atoms with Crippen molar-refractivity contribution in [2.45, 2.75) is 11.5 Å². The zero-order valence-electron chi connectivity index (χ0n) is 16.4. The molecule has 1 aliphatic rings. The largest absolute Gasteiger partial charge is 0.487 e. The summed E-state index contributed by atoms with van der Waals surface area (Å²) in [6, 6.07) is 26.4. The summed E-state index contributed by atoms with van der Waals surface area (Å²) in [4.78, 5) is 10.5. The zero-order chi connectivity index (χ0) is 20.2. The van der Waals surface area contributed by atoms with E-state index in [1.54, 1.807) is 0 Å². The van der Waals surface area contributed by atoms with Crippen LogP contribution in [-0.2, 0) is 6.61 Å². The van der Waals surface area contributed by atoms with Gasteiger partial charge in [0.1, 0.15) is 12.4 Å². The van der Waals surface area contributed by atoms with Crippen LogP contribution in [0.2, 0.25) is 0 Å². The molecule has 4 aromatic rings. The number of benzene rings is 3. The molecule has 0 fully saturated rings. The van der Waals surface area contributed by atoms with Gasteiger partial charge in [-0.3, -0.25) is 4.99 Å². The van der Waals surface area contributed by atoms with E-state index in [0.717, 1.165) is 45.9 Å². The summed E-state index contributed by atoms with van der Waals surface area (Å²) < 4.78 is 5.90. The van der Waals surface area contributed by atoms with E-state index in [4.69, 9.17) is 4.74 Å². The van der Waals surface area contributed by atoms with Gasteiger partial charge in [-0.05, 0) is 60.2 Å². The lowest BCUT2D eigenvalue weighted by Gasteiger charge is -2.17. The maximum atomic E-state index is 5.90. The summed E-state index contributed by atoms with van der Waals surface area (Å²) in [5.74, 6) is 1.91. The van der Waals surface area contributed by atoms with E-state index >= 15 is 0 Å². The Balaban J connectivity index is 1.22. The van der Waals surface area contributed by atoms with E-state index in [0.29, 0.717) is 6.61 Å². The normalized spacial score (nSPS) is 13.2. The van der Waals surface area contributed by atoms with E-state index in [-0.39, 0.29) is 0 Å². The van der Waals surface area contributed by atoms with Crippen molar-refractivity contribution in [2.75, 3.05) is 17.6 Å². The highest BCUT2D eigenvalue weighted by molar-refractivity contribution is 7.99. The van der Waals surface area contributed by atoms with Gasteiger partial charge in [-0.1, -0.05) is 24.3 Å². The lowest BCUT2D eigenvalue weighted by molar-refractivity contribution is 0.302. The van der Waals surface area contributed by atoms with Crippen LogP contribution in [0.1, 0.15) is 11.3 Å². The smallest absolute Gasteiger partial charge is 0.130 e. The third kappa shape index (κ3) is 4.31. The number of pyridine rings is 1. The van der Waals surface area contributed by atoms with Crippen molar-refractivity contribution in [3.05, 3.63) is 90.1 Å². The molecule has 1 aliphatic heterocycles. The van der Waals surface area contributed by atoms with Crippen LogP contribution in [0.4, 0.5) is 11.4 Å². The van der Waals surface area contributed by atoms with Gasteiger partial charge in [0.2, 0.25) is 0 Å². The van der Waals surface area contributed by atoms with Crippen molar-refractivity contribution < 1.29 is 4.74 Å². The average molecular weight is 412 g/mol. The van der Waals surface area contributed by atoms with Gasteiger partial charge in [0, 0.05) is 34.5 Å². The van der Waals surface area contributed by atoms with Crippen LogP contribution in [0.15, 0.2) is 88.8 Å². The standard InChI is InChI=1S/C25H21N3OS/c1-2-4-23-19(3-1)7-8-21(28-23)17-29-22-10-5-18(6-11-22)16-27-20-9-12-24-25(15-20)30-14-13-26-24/h1-12,15-16,26H,13-14,17H2. The molecular weight excluding hydrogens is 390 g/mol. The van der Waals surface area contributed by atoms with Crippen LogP contribution < -0.4 is 10.1 Å². The third-order valence-corrected chi connectivity index (χ3v) is 5.98. The maximum Gasteiger partial charge on any atom is 0.130 e. The topological polar surface area (TPSA) is 46.5 Å². The molecule has 0 bridgehead atoms. The van der Waals surface area contributed by atoms with E-state index in [9.17, 15) is 0 Å². The molecule has 0 spiro atoms. The van der Waals surface area contributed by atoms with E-state index < -0.39 is 0 Å². The molecule has 0 radical (unpaired) electrons. The third-order valence-electron chi connectivity index (χ3n) is 4.93. The first-order chi connectivity index (χ1) is 14.8. The number of anilines is 1. The predicted molar refractivity (Wildman–Crippen MR) is 125 cm³/mol. The quantitative estimate of drug-likeness (QED) is 0.404. The molecule has 5 rings (SSSR count). The highest BCUT2D eigenvalue weighted by atomic mass is 32.2. The average Bonchev–Trinajstić information content (AvgIpc) is 2.82. The highest BCUT2D eigenvalue weighted by Gasteiger charge is 2.08. The molecule has 0 unspecified atom stereocenters. The summed E-state index contributed by atoms with van der Waals surface area (Å²) >= 11 is 1.87. The summed E-state index contributed by atoms with van der Waals surface area (Å²) in [5, 5.41) is 4.55. The highest BCUT2D eigenvalue weighted by Crippen LogP contribution is 2.33. The SMILES string of the molecule is C(=Nc1ccc2c(c1)SCCN2)c1ccc(OCc2ccc3ccccc3n2)cc1. The van der Waals surface area contributed by atoms with Gasteiger partial charge in [-0.25, -0.2) is 4.98 Å². The number of nitrogens with zero attached hydrogens (tertiary/aromatic N) is 2. The minimum absolute atomic E-state index is 0.444. The van der Waals surface area contributed by atoms with Gasteiger partial charge in [-0.15, -0.1) is 11.8 Å². The Morgan fingerprint density at radius 2 is 1.90 bits per heavy atom. The molecule has 0 amide bonds. The molecule has 1 aromatic heterocycles. The minimum Gasteiger partial charge on any atom is -0.487 e. The molecule has 148 valence electrons. The first-order valence-electron chi connectivity index (χ1n) is 9.96. The molecule has 4 nitrogen and oxygen atoms in total. The predicted octanol–water partition coefficient (Wildman–Crippen LogP) is 6.08. The van der Waals surface area contributed by atoms with Gasteiger partial charge in [0.15, 0.2) is 0 Å². The van der Waals surface area contributed by atoms with Crippen LogP contribution in [0.5, 0.6) is 5.75 Å². The summed E-state index contributed by atoms with van der Waals surface area (Å²) in [6.45, 7) is 1.46. The maximum absolute atomic E-state index is 5.90. The monoisotopic (exact) mass is 411 g/mol. The van der Waals surface area contributed by atoms with Crippen molar-refractivity contribution in [1.29, 1.82) is 0 Å². The van der Waals surface area contributed by atoms with Gasteiger partial charge in [-0.2, -0.15) is 0 Å². The van der Waals surface area contributed by atoms with Crippen molar-refractivity contribution in [1.82, 2.24) is 4.98 Å². The second kappa shape index (κ2) is 8.59. The lowest BCUT2D eigenvalue weighted by Crippen LogP contribution is -2.09. The number of ether oxygens (including phenoxy) is 1. The molecule has 2 heterocycles. The van der Waals surface area contributed by atoms with E-state index in [2.05, 4.69) is 39.6 Å². The van der Waals surface area contributed by atoms with Gasteiger partial charge in [0.25, 0.3) is 0 Å². The van der Waals surface area contributed by atoms with Crippen LogP contribution in [0.3, 0.4) is 0 Å². The molecule has 3 aromatic carbocycles. The fourth-order valence-electron chi connectivity index (χ4n) is 3.35. The summed E-state index contributed by atoms with van der Waals surface area (Å²) in [6.07, 6.45) is 1.89. The number of aromatic nitrogens is 1. The number of aliphatic imine (C=N–C) groups is 1. The number of nitrogens with one attached hydrogen (secondary N) is 1.